The third-order valence-corrected chi connectivity index (χ3v) is 2.63. The Morgan fingerprint density at radius 1 is 1.11 bits per heavy atom. The van der Waals surface area contributed by atoms with Crippen molar-refractivity contribution < 1.29 is 19.7 Å². The standard InChI is InChI=1S/C14H12O4/c1-18-13-5-3-2-4-11(13)10-7-6-9(15)8-12(10)14(16)17/h2-8,15H,1H3,(H,16,17). The number of carbonyl (C=O) groups is 1. The van der Waals surface area contributed by atoms with Crippen molar-refractivity contribution in [1.82, 2.24) is 0 Å². The number of aromatic hydroxyl groups is 1. The zero-order valence-corrected chi connectivity index (χ0v) is 9.75. The number of carboxylic acids is 1. The van der Waals surface area contributed by atoms with E-state index in [1.54, 1.807) is 24.3 Å². The van der Waals surface area contributed by atoms with Gasteiger partial charge in [-0.25, -0.2) is 4.79 Å². The number of ether oxygens (including phenoxy) is 1. The summed E-state index contributed by atoms with van der Waals surface area (Å²) in [6.45, 7) is 0. The van der Waals surface area contributed by atoms with E-state index in [1.807, 2.05) is 6.07 Å². The number of phenols is 1. The molecule has 4 heteroatoms. The van der Waals surface area contributed by atoms with Crippen LogP contribution in [0.5, 0.6) is 11.5 Å². The Balaban J connectivity index is 2.67. The lowest BCUT2D eigenvalue weighted by Gasteiger charge is -2.11. The van der Waals surface area contributed by atoms with E-state index in [4.69, 9.17) is 9.84 Å². The van der Waals surface area contributed by atoms with Crippen molar-refractivity contribution in [1.29, 1.82) is 0 Å². The number of phenolic OH excluding ortho intramolecular Hbond substituents is 1. The number of aromatic carboxylic acids is 1. The molecule has 0 amide bonds. The minimum Gasteiger partial charge on any atom is -0.508 e. The molecule has 92 valence electrons. The average molecular weight is 244 g/mol. The van der Waals surface area contributed by atoms with Gasteiger partial charge in [0.2, 0.25) is 0 Å². The zero-order valence-electron chi connectivity index (χ0n) is 9.75. The van der Waals surface area contributed by atoms with Crippen LogP contribution in [0.3, 0.4) is 0 Å². The van der Waals surface area contributed by atoms with Crippen molar-refractivity contribution in [2.45, 2.75) is 0 Å². The SMILES string of the molecule is COc1ccccc1-c1ccc(O)cc1C(=O)O. The van der Waals surface area contributed by atoms with Crippen molar-refractivity contribution in [2.24, 2.45) is 0 Å². The van der Waals surface area contributed by atoms with E-state index in [2.05, 4.69) is 0 Å². The van der Waals surface area contributed by atoms with Gasteiger partial charge in [0.1, 0.15) is 11.5 Å². The summed E-state index contributed by atoms with van der Waals surface area (Å²) >= 11 is 0. The second-order valence-electron chi connectivity index (χ2n) is 3.74. The van der Waals surface area contributed by atoms with Crippen LogP contribution < -0.4 is 4.74 Å². The molecular formula is C14H12O4. The molecule has 0 heterocycles. The van der Waals surface area contributed by atoms with E-state index in [0.717, 1.165) is 0 Å². The van der Waals surface area contributed by atoms with Gasteiger partial charge in [0.05, 0.1) is 12.7 Å². The first-order valence-corrected chi connectivity index (χ1v) is 5.33. The van der Waals surface area contributed by atoms with Crippen LogP contribution in [0.15, 0.2) is 42.5 Å². The predicted molar refractivity (Wildman–Crippen MR) is 67.1 cm³/mol. The summed E-state index contributed by atoms with van der Waals surface area (Å²) in [5, 5.41) is 18.5. The molecule has 0 unspecified atom stereocenters. The molecule has 0 aliphatic carbocycles. The molecule has 2 N–H and O–H groups in total. The van der Waals surface area contributed by atoms with Gasteiger partial charge in [-0.2, -0.15) is 0 Å². The third kappa shape index (κ3) is 2.13. The van der Waals surface area contributed by atoms with Crippen molar-refractivity contribution in [3.63, 3.8) is 0 Å². The number of methoxy groups -OCH3 is 1. The molecule has 0 bridgehead atoms. The van der Waals surface area contributed by atoms with Gasteiger partial charge in [-0.1, -0.05) is 18.2 Å². The van der Waals surface area contributed by atoms with Crippen LogP contribution in [-0.4, -0.2) is 23.3 Å². The average Bonchev–Trinajstić information content (AvgIpc) is 2.38. The molecule has 18 heavy (non-hydrogen) atoms. The first kappa shape index (κ1) is 12.0. The lowest BCUT2D eigenvalue weighted by Crippen LogP contribution is -2.00. The van der Waals surface area contributed by atoms with Crippen molar-refractivity contribution >= 4 is 5.97 Å². The van der Waals surface area contributed by atoms with Crippen LogP contribution in [0.4, 0.5) is 0 Å². The molecule has 0 atom stereocenters. The highest BCUT2D eigenvalue weighted by atomic mass is 16.5. The Bertz CT molecular complexity index is 590. The van der Waals surface area contributed by atoms with Crippen LogP contribution in [0, 0.1) is 0 Å². The number of hydrogen-bond acceptors (Lipinski definition) is 3. The summed E-state index contributed by atoms with van der Waals surface area (Å²) in [5.74, 6) is -0.580. The van der Waals surface area contributed by atoms with E-state index in [1.165, 1.54) is 19.2 Å². The highest BCUT2D eigenvalue weighted by Gasteiger charge is 2.15. The van der Waals surface area contributed by atoms with Gasteiger partial charge >= 0.3 is 5.97 Å². The molecule has 0 saturated carbocycles. The molecule has 4 nitrogen and oxygen atoms in total. The highest BCUT2D eigenvalue weighted by molar-refractivity contribution is 5.97. The molecule has 0 spiro atoms. The lowest BCUT2D eigenvalue weighted by molar-refractivity contribution is 0.0697. The summed E-state index contributed by atoms with van der Waals surface area (Å²) in [4.78, 5) is 11.2. The summed E-state index contributed by atoms with van der Waals surface area (Å²) in [5.41, 5.74) is 1.23. The fraction of sp³-hybridized carbons (Fsp3) is 0.0714. The Labute approximate surface area is 104 Å². The number of para-hydroxylation sites is 1. The lowest BCUT2D eigenvalue weighted by atomic mass is 9.98. The number of benzene rings is 2. The van der Waals surface area contributed by atoms with Gasteiger partial charge in [-0.15, -0.1) is 0 Å². The minimum absolute atomic E-state index is 0.0412. The topological polar surface area (TPSA) is 66.8 Å². The van der Waals surface area contributed by atoms with Crippen molar-refractivity contribution in [2.75, 3.05) is 7.11 Å². The molecule has 0 saturated heterocycles. The molecule has 0 aliphatic heterocycles. The van der Waals surface area contributed by atoms with E-state index < -0.39 is 5.97 Å². The van der Waals surface area contributed by atoms with Crippen LogP contribution in [-0.2, 0) is 0 Å². The van der Waals surface area contributed by atoms with Crippen LogP contribution >= 0.6 is 0 Å². The van der Waals surface area contributed by atoms with E-state index in [0.29, 0.717) is 16.9 Å². The van der Waals surface area contributed by atoms with Gasteiger partial charge < -0.3 is 14.9 Å². The molecule has 0 radical (unpaired) electrons. The van der Waals surface area contributed by atoms with E-state index in [-0.39, 0.29) is 11.3 Å². The maximum absolute atomic E-state index is 11.2. The third-order valence-electron chi connectivity index (χ3n) is 2.63. The molecule has 0 fully saturated rings. The quantitative estimate of drug-likeness (QED) is 0.871. The number of rotatable bonds is 3. The number of hydrogen-bond donors (Lipinski definition) is 2. The Morgan fingerprint density at radius 3 is 2.50 bits per heavy atom. The van der Waals surface area contributed by atoms with E-state index >= 15 is 0 Å². The van der Waals surface area contributed by atoms with Gasteiger partial charge in [0, 0.05) is 11.1 Å². The summed E-state index contributed by atoms with van der Waals surface area (Å²) < 4.78 is 5.21. The minimum atomic E-state index is -1.09. The Morgan fingerprint density at radius 2 is 1.83 bits per heavy atom. The fourth-order valence-electron chi connectivity index (χ4n) is 1.81. The van der Waals surface area contributed by atoms with Crippen molar-refractivity contribution in [3.05, 3.63) is 48.0 Å². The second kappa shape index (κ2) is 4.79. The van der Waals surface area contributed by atoms with Crippen LogP contribution in [0.1, 0.15) is 10.4 Å². The Hall–Kier alpha value is -2.49. The summed E-state index contributed by atoms with van der Waals surface area (Å²) in [6, 6.07) is 11.4. The highest BCUT2D eigenvalue weighted by Crippen LogP contribution is 2.33. The molecule has 2 aromatic carbocycles. The van der Waals surface area contributed by atoms with Crippen molar-refractivity contribution in [3.8, 4) is 22.6 Å². The van der Waals surface area contributed by atoms with Gasteiger partial charge in [-0.3, -0.25) is 0 Å². The second-order valence-corrected chi connectivity index (χ2v) is 3.74. The van der Waals surface area contributed by atoms with E-state index in [9.17, 15) is 9.90 Å². The molecule has 2 rings (SSSR count). The summed E-state index contributed by atoms with van der Waals surface area (Å²) in [6.07, 6.45) is 0. The maximum Gasteiger partial charge on any atom is 0.336 e. The Kier molecular flexibility index (Phi) is 3.19. The molecular weight excluding hydrogens is 232 g/mol. The fourth-order valence-corrected chi connectivity index (χ4v) is 1.81. The predicted octanol–water partition coefficient (Wildman–Crippen LogP) is 2.77. The first-order chi connectivity index (χ1) is 8.63. The molecule has 0 aliphatic rings. The van der Waals surface area contributed by atoms with Gasteiger partial charge in [0.15, 0.2) is 0 Å². The number of carboxylic acid groups (broad SMARTS) is 1. The summed E-state index contributed by atoms with van der Waals surface area (Å²) in [7, 11) is 1.53. The van der Waals surface area contributed by atoms with Gasteiger partial charge in [0.25, 0.3) is 0 Å². The first-order valence-electron chi connectivity index (χ1n) is 5.33. The van der Waals surface area contributed by atoms with Crippen LogP contribution in [0.25, 0.3) is 11.1 Å². The zero-order chi connectivity index (χ0) is 13.1. The van der Waals surface area contributed by atoms with Crippen LogP contribution in [0.2, 0.25) is 0 Å². The molecule has 2 aromatic rings. The molecule has 0 aromatic heterocycles. The smallest absolute Gasteiger partial charge is 0.336 e. The maximum atomic E-state index is 11.2. The monoisotopic (exact) mass is 244 g/mol. The normalized spacial score (nSPS) is 10.1. The largest absolute Gasteiger partial charge is 0.508 e. The van der Waals surface area contributed by atoms with Gasteiger partial charge in [-0.05, 0) is 24.3 Å².